The lowest BCUT2D eigenvalue weighted by Crippen LogP contribution is -2.44. The lowest BCUT2D eigenvalue weighted by Gasteiger charge is -2.41. The van der Waals surface area contributed by atoms with Crippen LogP contribution in [0.1, 0.15) is 38.7 Å². The predicted octanol–water partition coefficient (Wildman–Crippen LogP) is 4.46. The molecule has 0 aliphatic heterocycles. The van der Waals surface area contributed by atoms with Crippen molar-refractivity contribution in [3.05, 3.63) is 33.8 Å². The van der Waals surface area contributed by atoms with Crippen LogP contribution in [0.15, 0.2) is 16.6 Å². The van der Waals surface area contributed by atoms with E-state index in [2.05, 4.69) is 22.9 Å². The van der Waals surface area contributed by atoms with E-state index in [0.29, 0.717) is 12.3 Å². The van der Waals surface area contributed by atoms with Crippen LogP contribution in [0.3, 0.4) is 0 Å². The van der Waals surface area contributed by atoms with Crippen LogP contribution in [0, 0.1) is 23.5 Å². The highest BCUT2D eigenvalue weighted by Crippen LogP contribution is 2.40. The second-order valence-corrected chi connectivity index (χ2v) is 6.74. The number of hydrogen-bond donors (Lipinski definition) is 1. The first-order valence-electron chi connectivity index (χ1n) is 6.68. The van der Waals surface area contributed by atoms with Crippen molar-refractivity contribution in [2.75, 3.05) is 0 Å². The maximum Gasteiger partial charge on any atom is 0.143 e. The summed E-state index contributed by atoms with van der Waals surface area (Å²) in [6.45, 7) is 4.03. The fourth-order valence-corrected chi connectivity index (χ4v) is 3.36. The molecule has 0 bridgehead atoms. The van der Waals surface area contributed by atoms with Gasteiger partial charge in [0, 0.05) is 12.0 Å². The summed E-state index contributed by atoms with van der Waals surface area (Å²) in [4.78, 5) is 0. The van der Waals surface area contributed by atoms with Gasteiger partial charge in [-0.05, 0) is 52.7 Å². The van der Waals surface area contributed by atoms with Gasteiger partial charge < -0.3 is 5.11 Å². The predicted molar refractivity (Wildman–Crippen MR) is 74.9 cm³/mol. The van der Waals surface area contributed by atoms with Crippen LogP contribution in [0.4, 0.5) is 8.78 Å². The summed E-state index contributed by atoms with van der Waals surface area (Å²) >= 11 is 3.07. The molecule has 0 saturated heterocycles. The SMILES string of the molecule is CC1CCC(C)C(O)(Cc2c(F)ccc(Br)c2F)C1. The first-order chi connectivity index (χ1) is 8.83. The molecule has 3 atom stereocenters. The molecule has 0 aromatic heterocycles. The van der Waals surface area contributed by atoms with Crippen molar-refractivity contribution in [3.8, 4) is 0 Å². The van der Waals surface area contributed by atoms with Crippen molar-refractivity contribution in [3.63, 3.8) is 0 Å². The second kappa shape index (κ2) is 5.49. The third kappa shape index (κ3) is 3.00. The van der Waals surface area contributed by atoms with Crippen molar-refractivity contribution in [1.82, 2.24) is 0 Å². The molecule has 0 radical (unpaired) electrons. The maximum atomic E-state index is 14.0. The van der Waals surface area contributed by atoms with Crippen LogP contribution in [0.25, 0.3) is 0 Å². The summed E-state index contributed by atoms with van der Waals surface area (Å²) in [5.41, 5.74) is -1.03. The van der Waals surface area contributed by atoms with E-state index < -0.39 is 17.2 Å². The molecule has 3 unspecified atom stereocenters. The minimum Gasteiger partial charge on any atom is -0.389 e. The van der Waals surface area contributed by atoms with Crippen LogP contribution in [-0.4, -0.2) is 10.7 Å². The molecule has 0 spiro atoms. The lowest BCUT2D eigenvalue weighted by molar-refractivity contribution is -0.0571. The molecule has 2 rings (SSSR count). The highest BCUT2D eigenvalue weighted by molar-refractivity contribution is 9.10. The van der Waals surface area contributed by atoms with Crippen molar-refractivity contribution < 1.29 is 13.9 Å². The Morgan fingerprint density at radius 3 is 2.68 bits per heavy atom. The summed E-state index contributed by atoms with van der Waals surface area (Å²) in [5, 5.41) is 10.8. The Labute approximate surface area is 121 Å². The monoisotopic (exact) mass is 332 g/mol. The van der Waals surface area contributed by atoms with Gasteiger partial charge in [0.2, 0.25) is 0 Å². The molecule has 1 aromatic carbocycles. The molecule has 1 nitrogen and oxygen atoms in total. The molecule has 0 heterocycles. The molecule has 1 N–H and O–H groups in total. The molecule has 1 aliphatic rings. The van der Waals surface area contributed by atoms with Gasteiger partial charge in [-0.1, -0.05) is 20.3 Å². The van der Waals surface area contributed by atoms with Crippen LogP contribution in [0.5, 0.6) is 0 Å². The molecular weight excluding hydrogens is 314 g/mol. The Kier molecular flexibility index (Phi) is 4.31. The van der Waals surface area contributed by atoms with E-state index in [-0.39, 0.29) is 22.4 Å². The summed E-state index contributed by atoms with van der Waals surface area (Å²) in [5.74, 6) is -0.737. The Morgan fingerprint density at radius 2 is 2.00 bits per heavy atom. The van der Waals surface area contributed by atoms with Crippen LogP contribution in [-0.2, 0) is 6.42 Å². The standard InChI is InChI=1S/C15H19BrF2O/c1-9-3-4-10(2)15(19,7-9)8-11-13(17)6-5-12(16)14(11)18/h5-6,9-10,19H,3-4,7-8H2,1-2H3. The van der Waals surface area contributed by atoms with E-state index >= 15 is 0 Å². The number of benzene rings is 1. The fraction of sp³-hybridized carbons (Fsp3) is 0.600. The van der Waals surface area contributed by atoms with E-state index in [1.807, 2.05) is 6.92 Å². The Bertz CT molecular complexity index is 477. The van der Waals surface area contributed by atoms with Gasteiger partial charge in [0.1, 0.15) is 11.6 Å². The highest BCUT2D eigenvalue weighted by atomic mass is 79.9. The summed E-state index contributed by atoms with van der Waals surface area (Å²) < 4.78 is 28.1. The van der Waals surface area contributed by atoms with E-state index in [0.717, 1.165) is 12.8 Å². The Morgan fingerprint density at radius 1 is 1.32 bits per heavy atom. The van der Waals surface area contributed by atoms with Gasteiger partial charge in [-0.15, -0.1) is 0 Å². The average molecular weight is 333 g/mol. The van der Waals surface area contributed by atoms with Gasteiger partial charge >= 0.3 is 0 Å². The van der Waals surface area contributed by atoms with E-state index in [1.54, 1.807) is 0 Å². The van der Waals surface area contributed by atoms with Gasteiger partial charge in [-0.2, -0.15) is 0 Å². The van der Waals surface area contributed by atoms with Crippen LogP contribution >= 0.6 is 15.9 Å². The topological polar surface area (TPSA) is 20.2 Å². The van der Waals surface area contributed by atoms with E-state index in [1.165, 1.54) is 12.1 Å². The summed E-state index contributed by atoms with van der Waals surface area (Å²) in [6.07, 6.45) is 2.59. The maximum absolute atomic E-state index is 14.0. The smallest absolute Gasteiger partial charge is 0.143 e. The quantitative estimate of drug-likeness (QED) is 0.793. The largest absolute Gasteiger partial charge is 0.389 e. The Balaban J connectivity index is 2.32. The summed E-state index contributed by atoms with van der Waals surface area (Å²) in [7, 11) is 0. The fourth-order valence-electron chi connectivity index (χ4n) is 2.99. The van der Waals surface area contributed by atoms with Gasteiger partial charge in [-0.3, -0.25) is 0 Å². The highest BCUT2D eigenvalue weighted by Gasteiger charge is 2.40. The minimum atomic E-state index is -1.01. The zero-order valence-corrected chi connectivity index (χ0v) is 12.8. The van der Waals surface area contributed by atoms with Crippen molar-refractivity contribution in [1.29, 1.82) is 0 Å². The van der Waals surface area contributed by atoms with Crippen molar-refractivity contribution in [2.45, 2.75) is 45.1 Å². The van der Waals surface area contributed by atoms with Crippen LogP contribution in [0.2, 0.25) is 0 Å². The average Bonchev–Trinajstić information content (AvgIpc) is 2.35. The minimum absolute atomic E-state index is 0.0159. The zero-order valence-electron chi connectivity index (χ0n) is 11.2. The number of rotatable bonds is 2. The zero-order chi connectivity index (χ0) is 14.2. The lowest BCUT2D eigenvalue weighted by atomic mass is 9.69. The van der Waals surface area contributed by atoms with Gasteiger partial charge in [0.15, 0.2) is 0 Å². The van der Waals surface area contributed by atoms with E-state index in [4.69, 9.17) is 0 Å². The molecular formula is C15H19BrF2O. The van der Waals surface area contributed by atoms with Crippen LogP contribution < -0.4 is 0 Å². The number of hydrogen-bond acceptors (Lipinski definition) is 1. The van der Waals surface area contributed by atoms with Gasteiger partial charge in [-0.25, -0.2) is 8.78 Å². The number of aliphatic hydroxyl groups is 1. The van der Waals surface area contributed by atoms with E-state index in [9.17, 15) is 13.9 Å². The molecule has 4 heteroatoms. The molecule has 19 heavy (non-hydrogen) atoms. The normalized spacial score (nSPS) is 31.5. The third-order valence-corrected chi connectivity index (χ3v) is 4.95. The summed E-state index contributed by atoms with van der Waals surface area (Å²) in [6, 6.07) is 2.59. The first kappa shape index (κ1) is 14.9. The van der Waals surface area contributed by atoms with Gasteiger partial charge in [0.25, 0.3) is 0 Å². The van der Waals surface area contributed by atoms with Crippen molar-refractivity contribution in [2.24, 2.45) is 11.8 Å². The van der Waals surface area contributed by atoms with Crippen molar-refractivity contribution >= 4 is 15.9 Å². The molecule has 1 fully saturated rings. The molecule has 1 aromatic rings. The second-order valence-electron chi connectivity index (χ2n) is 5.89. The first-order valence-corrected chi connectivity index (χ1v) is 7.47. The van der Waals surface area contributed by atoms with Gasteiger partial charge in [0.05, 0.1) is 10.1 Å². The Hall–Kier alpha value is -0.480. The molecule has 0 amide bonds. The number of halogens is 3. The molecule has 1 aliphatic carbocycles. The molecule has 1 saturated carbocycles. The molecule has 106 valence electrons. The third-order valence-electron chi connectivity index (χ3n) is 4.33.